The number of benzene rings is 1. The van der Waals surface area contributed by atoms with Crippen LogP contribution in [0.5, 0.6) is 0 Å². The van der Waals surface area contributed by atoms with Crippen LogP contribution in [0.4, 0.5) is 10.2 Å². The number of amides is 1. The van der Waals surface area contributed by atoms with Crippen molar-refractivity contribution in [2.45, 2.75) is 6.92 Å². The van der Waals surface area contributed by atoms with E-state index in [1.165, 1.54) is 6.07 Å². The molecule has 0 atom stereocenters. The zero-order chi connectivity index (χ0) is 18.8. The molecule has 1 saturated heterocycles. The quantitative estimate of drug-likeness (QED) is 0.710. The molecule has 1 fully saturated rings. The molecule has 3 aromatic rings. The maximum Gasteiger partial charge on any atom is 0.254 e. The fraction of sp³-hybridized carbons (Fsp3) is 0.263. The van der Waals surface area contributed by atoms with Crippen LogP contribution in [-0.4, -0.2) is 57.0 Å². The lowest BCUT2D eigenvalue weighted by Crippen LogP contribution is -2.49. The van der Waals surface area contributed by atoms with Gasteiger partial charge in [-0.3, -0.25) is 4.79 Å². The summed E-state index contributed by atoms with van der Waals surface area (Å²) in [7, 11) is 0. The van der Waals surface area contributed by atoms with Gasteiger partial charge in [-0.25, -0.2) is 9.07 Å². The maximum atomic E-state index is 13.7. The highest BCUT2D eigenvalue weighted by molar-refractivity contribution is 5.94. The number of rotatable bonds is 3. The van der Waals surface area contributed by atoms with Crippen molar-refractivity contribution in [1.29, 1.82) is 0 Å². The van der Waals surface area contributed by atoms with Gasteiger partial charge in [0.1, 0.15) is 5.82 Å². The van der Waals surface area contributed by atoms with E-state index in [1.807, 2.05) is 24.4 Å². The Labute approximate surface area is 156 Å². The van der Waals surface area contributed by atoms with Gasteiger partial charge in [0.2, 0.25) is 0 Å². The average molecular weight is 366 g/mol. The molecule has 8 heteroatoms. The van der Waals surface area contributed by atoms with E-state index in [2.05, 4.69) is 20.2 Å². The van der Waals surface area contributed by atoms with Gasteiger partial charge in [0.25, 0.3) is 5.91 Å². The molecule has 1 aliphatic rings. The fourth-order valence-corrected chi connectivity index (χ4v) is 3.06. The molecular weight excluding hydrogens is 347 g/mol. The molecule has 138 valence electrons. The van der Waals surface area contributed by atoms with Gasteiger partial charge in [-0.15, -0.1) is 10.2 Å². The summed E-state index contributed by atoms with van der Waals surface area (Å²) in [5.41, 5.74) is 0.920. The lowest BCUT2D eigenvalue weighted by molar-refractivity contribution is 0.0746. The highest BCUT2D eigenvalue weighted by Crippen LogP contribution is 2.17. The van der Waals surface area contributed by atoms with Gasteiger partial charge in [0.15, 0.2) is 11.6 Å². The fourth-order valence-electron chi connectivity index (χ4n) is 3.06. The summed E-state index contributed by atoms with van der Waals surface area (Å²) in [4.78, 5) is 16.4. The molecule has 1 aliphatic heterocycles. The van der Waals surface area contributed by atoms with Crippen molar-refractivity contribution in [1.82, 2.24) is 24.9 Å². The predicted molar refractivity (Wildman–Crippen MR) is 98.4 cm³/mol. The number of piperazine rings is 1. The van der Waals surface area contributed by atoms with E-state index in [0.29, 0.717) is 43.1 Å². The topological polar surface area (TPSA) is 67.2 Å². The van der Waals surface area contributed by atoms with Crippen LogP contribution in [0.2, 0.25) is 0 Å². The number of hydrogen-bond donors (Lipinski definition) is 0. The van der Waals surface area contributed by atoms with Crippen LogP contribution < -0.4 is 4.90 Å². The molecule has 7 nitrogen and oxygen atoms in total. The summed E-state index contributed by atoms with van der Waals surface area (Å²) in [5.74, 6) is 0.916. The first-order chi connectivity index (χ1) is 13.1. The van der Waals surface area contributed by atoms with Gasteiger partial charge in [0, 0.05) is 44.1 Å². The third-order valence-electron chi connectivity index (χ3n) is 4.69. The second-order valence-electron chi connectivity index (χ2n) is 6.44. The minimum Gasteiger partial charge on any atom is -0.352 e. The number of halogens is 1. The van der Waals surface area contributed by atoms with Gasteiger partial charge in [-0.1, -0.05) is 6.07 Å². The lowest BCUT2D eigenvalue weighted by atomic mass is 10.1. The standard InChI is InChI=1S/C19H19FN6O/c1-14-3-4-15(13-16(14)20)19(27)25-11-9-24(10-12-25)17-5-6-18(23-22-17)26-8-2-7-21-26/h2-8,13H,9-12H2,1H3. The zero-order valence-electron chi connectivity index (χ0n) is 14.9. The SMILES string of the molecule is Cc1ccc(C(=O)N2CCN(c3ccc(-n4cccn4)nn3)CC2)cc1F. The van der Waals surface area contributed by atoms with E-state index in [1.54, 1.807) is 34.8 Å². The van der Waals surface area contributed by atoms with Gasteiger partial charge >= 0.3 is 0 Å². The summed E-state index contributed by atoms with van der Waals surface area (Å²) >= 11 is 0. The molecule has 0 saturated carbocycles. The van der Waals surface area contributed by atoms with Crippen LogP contribution in [0, 0.1) is 12.7 Å². The maximum absolute atomic E-state index is 13.7. The van der Waals surface area contributed by atoms with Crippen LogP contribution in [0.25, 0.3) is 5.82 Å². The smallest absolute Gasteiger partial charge is 0.254 e. The molecule has 2 aromatic heterocycles. The normalized spacial score (nSPS) is 14.4. The first kappa shape index (κ1) is 17.1. The Morgan fingerprint density at radius 3 is 2.41 bits per heavy atom. The number of hydrogen-bond acceptors (Lipinski definition) is 5. The molecule has 0 radical (unpaired) electrons. The molecule has 0 aliphatic carbocycles. The molecule has 4 rings (SSSR count). The number of carbonyl (C=O) groups is 1. The van der Waals surface area contributed by atoms with Crippen molar-refractivity contribution in [3.05, 3.63) is 65.7 Å². The summed E-state index contributed by atoms with van der Waals surface area (Å²) in [6, 6.07) is 10.2. The summed E-state index contributed by atoms with van der Waals surface area (Å²) in [6.07, 6.45) is 3.49. The lowest BCUT2D eigenvalue weighted by Gasteiger charge is -2.35. The Kier molecular flexibility index (Phi) is 4.53. The Morgan fingerprint density at radius 1 is 1.04 bits per heavy atom. The number of aromatic nitrogens is 4. The molecule has 0 N–H and O–H groups in total. The minimum atomic E-state index is -0.355. The van der Waals surface area contributed by atoms with Crippen LogP contribution in [0.15, 0.2) is 48.8 Å². The number of aryl methyl sites for hydroxylation is 1. The molecule has 1 amide bonds. The monoisotopic (exact) mass is 366 g/mol. The Morgan fingerprint density at radius 2 is 1.78 bits per heavy atom. The highest BCUT2D eigenvalue weighted by Gasteiger charge is 2.23. The molecule has 3 heterocycles. The van der Waals surface area contributed by atoms with Gasteiger partial charge < -0.3 is 9.80 Å². The molecule has 1 aromatic carbocycles. The van der Waals surface area contributed by atoms with Crippen LogP contribution >= 0.6 is 0 Å². The van der Waals surface area contributed by atoms with E-state index in [4.69, 9.17) is 0 Å². The first-order valence-corrected chi connectivity index (χ1v) is 8.76. The van der Waals surface area contributed by atoms with E-state index in [-0.39, 0.29) is 11.7 Å². The van der Waals surface area contributed by atoms with Gasteiger partial charge in [-0.2, -0.15) is 5.10 Å². The summed E-state index contributed by atoms with van der Waals surface area (Å²) in [5, 5.41) is 12.6. The first-order valence-electron chi connectivity index (χ1n) is 8.76. The van der Waals surface area contributed by atoms with Crippen LogP contribution in [0.1, 0.15) is 15.9 Å². The molecular formula is C19H19FN6O. The summed E-state index contributed by atoms with van der Waals surface area (Å²) in [6.45, 7) is 4.08. The predicted octanol–water partition coefficient (Wildman–Crippen LogP) is 2.07. The minimum absolute atomic E-state index is 0.145. The highest BCUT2D eigenvalue weighted by atomic mass is 19.1. The van der Waals surface area contributed by atoms with E-state index in [9.17, 15) is 9.18 Å². The van der Waals surface area contributed by atoms with Crippen molar-refractivity contribution < 1.29 is 9.18 Å². The second kappa shape index (κ2) is 7.14. The third-order valence-corrected chi connectivity index (χ3v) is 4.69. The molecule has 0 bridgehead atoms. The van der Waals surface area contributed by atoms with Crippen molar-refractivity contribution in [3.8, 4) is 5.82 Å². The average Bonchev–Trinajstić information content (AvgIpc) is 3.25. The number of anilines is 1. The van der Waals surface area contributed by atoms with Crippen LogP contribution in [-0.2, 0) is 0 Å². The van der Waals surface area contributed by atoms with Crippen molar-refractivity contribution in [3.63, 3.8) is 0 Å². The second-order valence-corrected chi connectivity index (χ2v) is 6.44. The van der Waals surface area contributed by atoms with E-state index >= 15 is 0 Å². The van der Waals surface area contributed by atoms with Crippen molar-refractivity contribution in [2.75, 3.05) is 31.1 Å². The van der Waals surface area contributed by atoms with Crippen molar-refractivity contribution in [2.24, 2.45) is 0 Å². The molecule has 27 heavy (non-hydrogen) atoms. The number of nitrogens with zero attached hydrogens (tertiary/aromatic N) is 6. The summed E-state index contributed by atoms with van der Waals surface area (Å²) < 4.78 is 15.4. The van der Waals surface area contributed by atoms with E-state index in [0.717, 1.165) is 5.82 Å². The zero-order valence-corrected chi connectivity index (χ0v) is 14.9. The Bertz CT molecular complexity index is 933. The van der Waals surface area contributed by atoms with E-state index < -0.39 is 0 Å². The van der Waals surface area contributed by atoms with Crippen molar-refractivity contribution >= 4 is 11.7 Å². The number of carbonyl (C=O) groups excluding carboxylic acids is 1. The van der Waals surface area contributed by atoms with Gasteiger partial charge in [-0.05, 0) is 42.8 Å². The Balaban J connectivity index is 1.39. The molecule has 0 unspecified atom stereocenters. The Hall–Kier alpha value is -3.29. The van der Waals surface area contributed by atoms with Crippen LogP contribution in [0.3, 0.4) is 0 Å². The van der Waals surface area contributed by atoms with Gasteiger partial charge in [0.05, 0.1) is 0 Å². The third kappa shape index (κ3) is 3.51. The largest absolute Gasteiger partial charge is 0.352 e. The molecule has 0 spiro atoms.